The molecule has 0 spiro atoms. The van der Waals surface area contributed by atoms with E-state index in [-0.39, 0.29) is 16.5 Å². The molecule has 1 aromatic heterocycles. The van der Waals surface area contributed by atoms with E-state index < -0.39 is 5.97 Å². The Morgan fingerprint density at radius 3 is 2.60 bits per heavy atom. The molecule has 0 atom stereocenters. The number of carboxylic acids is 1. The highest BCUT2D eigenvalue weighted by molar-refractivity contribution is 7.11. The third kappa shape index (κ3) is 2.70. The molecule has 0 fully saturated rings. The molecule has 0 saturated carbocycles. The van der Waals surface area contributed by atoms with Crippen LogP contribution in [0.5, 0.6) is 0 Å². The number of amides is 1. The van der Waals surface area contributed by atoms with Gasteiger partial charge in [-0.15, -0.1) is 0 Å². The number of rotatable bonds is 3. The average molecular weight is 290 g/mol. The lowest BCUT2D eigenvalue weighted by Crippen LogP contribution is -2.15. The molecule has 0 bridgehead atoms. The molecule has 1 aromatic carbocycles. The van der Waals surface area contributed by atoms with Crippen molar-refractivity contribution in [3.05, 3.63) is 46.1 Å². The number of hydrogen-bond acceptors (Lipinski definition) is 4. The molecule has 1 amide bonds. The van der Waals surface area contributed by atoms with Crippen LogP contribution >= 0.6 is 11.5 Å². The summed E-state index contributed by atoms with van der Waals surface area (Å²) in [5.41, 5.74) is 2.80. The Kier molecular flexibility index (Phi) is 3.85. The second-order valence-corrected chi connectivity index (χ2v) is 5.32. The lowest BCUT2D eigenvalue weighted by atomic mass is 10.1. The molecule has 0 radical (unpaired) electrons. The van der Waals surface area contributed by atoms with E-state index in [2.05, 4.69) is 9.69 Å². The molecule has 104 valence electrons. The Morgan fingerprint density at radius 1 is 1.25 bits per heavy atom. The van der Waals surface area contributed by atoms with Crippen molar-refractivity contribution in [2.75, 3.05) is 5.32 Å². The quantitative estimate of drug-likeness (QED) is 0.910. The van der Waals surface area contributed by atoms with Gasteiger partial charge in [0.15, 0.2) is 0 Å². The number of anilines is 1. The van der Waals surface area contributed by atoms with E-state index in [0.717, 1.165) is 22.7 Å². The van der Waals surface area contributed by atoms with Gasteiger partial charge in [0.1, 0.15) is 10.6 Å². The minimum atomic E-state index is -1.09. The number of aromatic carboxylic acids is 1. The van der Waals surface area contributed by atoms with Gasteiger partial charge in [0, 0.05) is 5.56 Å². The molecule has 0 aliphatic carbocycles. The van der Waals surface area contributed by atoms with E-state index in [0.29, 0.717) is 11.3 Å². The van der Waals surface area contributed by atoms with E-state index >= 15 is 0 Å². The van der Waals surface area contributed by atoms with Crippen LogP contribution in [0.4, 0.5) is 5.00 Å². The fourth-order valence-electron chi connectivity index (χ4n) is 1.86. The Hall–Kier alpha value is -2.21. The topological polar surface area (TPSA) is 79.3 Å². The highest BCUT2D eigenvalue weighted by Crippen LogP contribution is 2.25. The molecule has 2 N–H and O–H groups in total. The first-order valence-corrected chi connectivity index (χ1v) is 6.75. The van der Waals surface area contributed by atoms with Crippen molar-refractivity contribution < 1.29 is 14.7 Å². The maximum atomic E-state index is 12.2. The fourth-order valence-corrected chi connectivity index (χ4v) is 2.64. The molecule has 5 nitrogen and oxygen atoms in total. The van der Waals surface area contributed by atoms with Crippen molar-refractivity contribution >= 4 is 28.4 Å². The second-order valence-electron chi connectivity index (χ2n) is 4.55. The smallest absolute Gasteiger partial charge is 0.340 e. The zero-order valence-corrected chi connectivity index (χ0v) is 12.2. The van der Waals surface area contributed by atoms with E-state index in [1.165, 1.54) is 0 Å². The monoisotopic (exact) mass is 290 g/mol. The van der Waals surface area contributed by atoms with Crippen molar-refractivity contribution in [1.29, 1.82) is 0 Å². The molecule has 2 rings (SSSR count). The Morgan fingerprint density at radius 2 is 1.95 bits per heavy atom. The van der Waals surface area contributed by atoms with E-state index in [4.69, 9.17) is 5.11 Å². The van der Waals surface area contributed by atoms with Crippen LogP contribution in [0, 0.1) is 20.8 Å². The zero-order valence-electron chi connectivity index (χ0n) is 11.4. The maximum Gasteiger partial charge on any atom is 0.340 e. The standard InChI is InChI=1S/C14H14N2O3S/c1-7-4-5-8(2)10(6-7)12(17)15-13-11(14(18)19)9(3)16-20-13/h4-6H,1-3H3,(H,15,17)(H,18,19). The highest BCUT2D eigenvalue weighted by atomic mass is 32.1. The number of aryl methyl sites for hydroxylation is 3. The van der Waals surface area contributed by atoms with Crippen LogP contribution in [-0.4, -0.2) is 21.4 Å². The van der Waals surface area contributed by atoms with E-state index in [9.17, 15) is 9.59 Å². The van der Waals surface area contributed by atoms with E-state index in [1.54, 1.807) is 13.0 Å². The number of carbonyl (C=O) groups excluding carboxylic acids is 1. The molecule has 6 heteroatoms. The summed E-state index contributed by atoms with van der Waals surface area (Å²) in [4.78, 5) is 23.4. The van der Waals surface area contributed by atoms with Crippen LogP contribution in [0.3, 0.4) is 0 Å². The lowest BCUT2D eigenvalue weighted by molar-refractivity contribution is 0.0697. The summed E-state index contributed by atoms with van der Waals surface area (Å²) >= 11 is 0.975. The number of nitrogens with zero attached hydrogens (tertiary/aromatic N) is 1. The van der Waals surface area contributed by atoms with Gasteiger partial charge in [0.05, 0.1) is 5.69 Å². The third-order valence-electron chi connectivity index (χ3n) is 2.94. The Labute approximate surface area is 120 Å². The fraction of sp³-hybridized carbons (Fsp3) is 0.214. The van der Waals surface area contributed by atoms with Crippen molar-refractivity contribution in [3.63, 3.8) is 0 Å². The summed E-state index contributed by atoms with van der Waals surface area (Å²) in [5.74, 6) is -1.41. The van der Waals surface area contributed by atoms with E-state index in [1.807, 2.05) is 26.0 Å². The van der Waals surface area contributed by atoms with Gasteiger partial charge in [-0.1, -0.05) is 17.7 Å². The number of hydrogen-bond donors (Lipinski definition) is 2. The Balaban J connectivity index is 2.33. The SMILES string of the molecule is Cc1ccc(C)c(C(=O)Nc2snc(C)c2C(=O)O)c1. The predicted molar refractivity (Wildman–Crippen MR) is 77.7 cm³/mol. The van der Waals surface area contributed by atoms with Crippen LogP contribution < -0.4 is 5.32 Å². The zero-order chi connectivity index (χ0) is 14.9. The van der Waals surface area contributed by atoms with Crippen LogP contribution in [0.2, 0.25) is 0 Å². The van der Waals surface area contributed by atoms with Crippen LogP contribution in [-0.2, 0) is 0 Å². The molecular formula is C14H14N2O3S. The Bertz CT molecular complexity index is 692. The van der Waals surface area contributed by atoms with Gasteiger partial charge in [-0.3, -0.25) is 4.79 Å². The first-order chi connectivity index (χ1) is 9.40. The molecule has 0 saturated heterocycles. The van der Waals surface area contributed by atoms with Gasteiger partial charge in [-0.2, -0.15) is 4.37 Å². The molecule has 1 heterocycles. The van der Waals surface area contributed by atoms with Gasteiger partial charge >= 0.3 is 5.97 Å². The summed E-state index contributed by atoms with van der Waals surface area (Å²) in [6, 6.07) is 5.56. The van der Waals surface area contributed by atoms with Gasteiger partial charge in [-0.05, 0) is 43.9 Å². The first-order valence-electron chi connectivity index (χ1n) is 5.98. The van der Waals surface area contributed by atoms with Gasteiger partial charge in [0.25, 0.3) is 5.91 Å². The van der Waals surface area contributed by atoms with Crippen LogP contribution in [0.15, 0.2) is 18.2 Å². The van der Waals surface area contributed by atoms with Gasteiger partial charge < -0.3 is 10.4 Å². The number of carbonyl (C=O) groups is 2. The van der Waals surface area contributed by atoms with Crippen molar-refractivity contribution in [3.8, 4) is 0 Å². The number of nitrogens with one attached hydrogen (secondary N) is 1. The maximum absolute atomic E-state index is 12.2. The molecule has 0 aliphatic heterocycles. The largest absolute Gasteiger partial charge is 0.478 e. The normalized spacial score (nSPS) is 10.3. The average Bonchev–Trinajstić information content (AvgIpc) is 2.73. The van der Waals surface area contributed by atoms with Crippen molar-refractivity contribution in [1.82, 2.24) is 4.37 Å². The molecule has 0 aliphatic rings. The van der Waals surface area contributed by atoms with Crippen molar-refractivity contribution in [2.45, 2.75) is 20.8 Å². The van der Waals surface area contributed by atoms with Gasteiger partial charge in [-0.25, -0.2) is 4.79 Å². The molecular weight excluding hydrogens is 276 g/mol. The lowest BCUT2D eigenvalue weighted by Gasteiger charge is -2.07. The molecule has 20 heavy (non-hydrogen) atoms. The summed E-state index contributed by atoms with van der Waals surface area (Å²) in [6.45, 7) is 5.34. The third-order valence-corrected chi connectivity index (χ3v) is 3.80. The van der Waals surface area contributed by atoms with Crippen LogP contribution in [0.1, 0.15) is 37.5 Å². The van der Waals surface area contributed by atoms with Gasteiger partial charge in [0.2, 0.25) is 0 Å². The van der Waals surface area contributed by atoms with Crippen molar-refractivity contribution in [2.24, 2.45) is 0 Å². The summed E-state index contributed by atoms with van der Waals surface area (Å²) < 4.78 is 3.97. The first kappa shape index (κ1) is 14.2. The minimum Gasteiger partial charge on any atom is -0.478 e. The summed E-state index contributed by atoms with van der Waals surface area (Å²) in [5, 5.41) is 12.0. The number of aromatic nitrogens is 1. The number of benzene rings is 1. The minimum absolute atomic E-state index is 0.0497. The highest BCUT2D eigenvalue weighted by Gasteiger charge is 2.20. The van der Waals surface area contributed by atoms with Crippen LogP contribution in [0.25, 0.3) is 0 Å². The predicted octanol–water partition coefficient (Wildman–Crippen LogP) is 3.02. The molecule has 0 unspecified atom stereocenters. The number of carboxylic acid groups (broad SMARTS) is 1. The second kappa shape index (κ2) is 5.42. The molecule has 2 aromatic rings. The summed E-state index contributed by atoms with van der Waals surface area (Å²) in [7, 11) is 0. The summed E-state index contributed by atoms with van der Waals surface area (Å²) in [6.07, 6.45) is 0.